The Morgan fingerprint density at radius 2 is 1.40 bits per heavy atom. The molecule has 1 rings (SSSR count). The van der Waals surface area contributed by atoms with Crippen molar-refractivity contribution in [1.82, 2.24) is 0 Å². The van der Waals surface area contributed by atoms with Crippen LogP contribution in [0.5, 0.6) is 0 Å². The number of hydrogen-bond donors (Lipinski definition) is 0. The van der Waals surface area contributed by atoms with E-state index in [1.165, 1.54) is 5.56 Å². The van der Waals surface area contributed by atoms with Gasteiger partial charge < -0.3 is 4.79 Å². The molecule has 82 valence electrons. The first-order valence-electron chi connectivity index (χ1n) is 5.61. The molecule has 0 heterocycles. The number of benzene rings is 1. The molecule has 0 radical (unpaired) electrons. The lowest BCUT2D eigenvalue weighted by Crippen LogP contribution is -2.08. The van der Waals surface area contributed by atoms with Gasteiger partial charge in [0.05, 0.1) is 0 Å². The van der Waals surface area contributed by atoms with Crippen molar-refractivity contribution in [3.8, 4) is 0 Å². The van der Waals surface area contributed by atoms with E-state index in [0.717, 1.165) is 11.8 Å². The van der Waals surface area contributed by atoms with Gasteiger partial charge in [-0.2, -0.15) is 0 Å². The van der Waals surface area contributed by atoms with Crippen LogP contribution in [-0.4, -0.2) is 6.29 Å². The first-order valence-corrected chi connectivity index (χ1v) is 5.61. The van der Waals surface area contributed by atoms with Gasteiger partial charge >= 0.3 is 0 Å². The second kappa shape index (κ2) is 5.11. The molecule has 0 aromatic heterocycles. The molecule has 0 saturated carbocycles. The average molecular weight is 204 g/mol. The standard InChI is InChI=1S/C14H20O/c1-10(2)12-5-7-13(8-6-12)14(9-15)11(3)4/h5-11,14H,1-4H3. The van der Waals surface area contributed by atoms with Crippen molar-refractivity contribution >= 4 is 6.29 Å². The van der Waals surface area contributed by atoms with E-state index >= 15 is 0 Å². The summed E-state index contributed by atoms with van der Waals surface area (Å²) in [6.07, 6.45) is 1.05. The second-order valence-electron chi connectivity index (χ2n) is 4.73. The van der Waals surface area contributed by atoms with Crippen molar-refractivity contribution in [2.24, 2.45) is 5.92 Å². The van der Waals surface area contributed by atoms with Crippen molar-refractivity contribution in [2.45, 2.75) is 39.5 Å². The van der Waals surface area contributed by atoms with E-state index in [0.29, 0.717) is 11.8 Å². The molecule has 0 saturated heterocycles. The lowest BCUT2D eigenvalue weighted by atomic mass is 9.88. The van der Waals surface area contributed by atoms with E-state index in [9.17, 15) is 4.79 Å². The highest BCUT2D eigenvalue weighted by Gasteiger charge is 2.14. The van der Waals surface area contributed by atoms with E-state index < -0.39 is 0 Å². The highest BCUT2D eigenvalue weighted by molar-refractivity contribution is 5.62. The molecule has 0 spiro atoms. The van der Waals surface area contributed by atoms with Crippen LogP contribution in [0.2, 0.25) is 0 Å². The number of carbonyl (C=O) groups is 1. The Kier molecular flexibility index (Phi) is 4.07. The highest BCUT2D eigenvalue weighted by atomic mass is 16.1. The summed E-state index contributed by atoms with van der Waals surface area (Å²) in [6.45, 7) is 8.51. The minimum Gasteiger partial charge on any atom is -0.303 e. The van der Waals surface area contributed by atoms with Gasteiger partial charge in [0.2, 0.25) is 0 Å². The van der Waals surface area contributed by atoms with Gasteiger partial charge in [-0.25, -0.2) is 0 Å². The topological polar surface area (TPSA) is 17.1 Å². The van der Waals surface area contributed by atoms with E-state index in [1.807, 2.05) is 0 Å². The number of hydrogen-bond acceptors (Lipinski definition) is 1. The molecule has 1 unspecified atom stereocenters. The third-order valence-electron chi connectivity index (χ3n) is 2.85. The van der Waals surface area contributed by atoms with Gasteiger partial charge in [-0.05, 0) is 23.0 Å². The third-order valence-corrected chi connectivity index (χ3v) is 2.85. The maximum Gasteiger partial charge on any atom is 0.127 e. The van der Waals surface area contributed by atoms with Crippen LogP contribution in [0, 0.1) is 5.92 Å². The maximum atomic E-state index is 11.0. The Morgan fingerprint density at radius 1 is 0.933 bits per heavy atom. The van der Waals surface area contributed by atoms with Gasteiger partial charge in [0.25, 0.3) is 0 Å². The zero-order valence-electron chi connectivity index (χ0n) is 10.0. The predicted octanol–water partition coefficient (Wildman–Crippen LogP) is 3.75. The first-order chi connectivity index (χ1) is 7.06. The minimum absolute atomic E-state index is 0.0335. The van der Waals surface area contributed by atoms with Crippen LogP contribution in [0.1, 0.15) is 50.7 Å². The summed E-state index contributed by atoms with van der Waals surface area (Å²) in [5.41, 5.74) is 2.46. The molecule has 0 N–H and O–H groups in total. The first kappa shape index (κ1) is 12.0. The van der Waals surface area contributed by atoms with Crippen LogP contribution in [0.15, 0.2) is 24.3 Å². The maximum absolute atomic E-state index is 11.0. The zero-order chi connectivity index (χ0) is 11.4. The Labute approximate surface area is 92.5 Å². The fraction of sp³-hybridized carbons (Fsp3) is 0.500. The molecule has 1 heteroatoms. The van der Waals surface area contributed by atoms with E-state index in [-0.39, 0.29) is 5.92 Å². The van der Waals surface area contributed by atoms with Crippen molar-refractivity contribution in [2.75, 3.05) is 0 Å². The van der Waals surface area contributed by atoms with Gasteiger partial charge in [-0.15, -0.1) is 0 Å². The van der Waals surface area contributed by atoms with Crippen LogP contribution in [0.3, 0.4) is 0 Å². The predicted molar refractivity (Wildman–Crippen MR) is 64.2 cm³/mol. The van der Waals surface area contributed by atoms with Crippen molar-refractivity contribution < 1.29 is 4.79 Å². The molecule has 1 aromatic rings. The summed E-state index contributed by atoms with van der Waals surface area (Å²) < 4.78 is 0. The lowest BCUT2D eigenvalue weighted by molar-refractivity contribution is -0.109. The Bertz CT molecular complexity index is 309. The van der Waals surface area contributed by atoms with Gasteiger partial charge in [-0.3, -0.25) is 0 Å². The fourth-order valence-corrected chi connectivity index (χ4v) is 1.72. The Hall–Kier alpha value is -1.11. The molecular weight excluding hydrogens is 184 g/mol. The van der Waals surface area contributed by atoms with Crippen molar-refractivity contribution in [3.63, 3.8) is 0 Å². The lowest BCUT2D eigenvalue weighted by Gasteiger charge is -2.15. The molecule has 0 amide bonds. The van der Waals surface area contributed by atoms with E-state index in [2.05, 4.69) is 52.0 Å². The van der Waals surface area contributed by atoms with E-state index in [4.69, 9.17) is 0 Å². The van der Waals surface area contributed by atoms with Gasteiger partial charge in [-0.1, -0.05) is 52.0 Å². The van der Waals surface area contributed by atoms with Crippen molar-refractivity contribution in [1.29, 1.82) is 0 Å². The molecular formula is C14H20O. The highest BCUT2D eigenvalue weighted by Crippen LogP contribution is 2.24. The molecule has 15 heavy (non-hydrogen) atoms. The summed E-state index contributed by atoms with van der Waals surface area (Å²) in [5, 5.41) is 0. The second-order valence-corrected chi connectivity index (χ2v) is 4.73. The van der Waals surface area contributed by atoms with Crippen LogP contribution in [-0.2, 0) is 4.79 Å². The van der Waals surface area contributed by atoms with Crippen LogP contribution < -0.4 is 0 Å². The van der Waals surface area contributed by atoms with Crippen LogP contribution in [0.25, 0.3) is 0 Å². The Balaban J connectivity index is 2.92. The molecule has 0 aliphatic rings. The number of aldehydes is 1. The molecule has 0 aliphatic carbocycles. The van der Waals surface area contributed by atoms with Gasteiger partial charge in [0.15, 0.2) is 0 Å². The van der Waals surface area contributed by atoms with Crippen LogP contribution in [0.4, 0.5) is 0 Å². The SMILES string of the molecule is CC(C)c1ccc(C(C=O)C(C)C)cc1. The zero-order valence-corrected chi connectivity index (χ0v) is 10.0. The molecule has 0 aliphatic heterocycles. The average Bonchev–Trinajstić information content (AvgIpc) is 2.19. The largest absolute Gasteiger partial charge is 0.303 e. The summed E-state index contributed by atoms with van der Waals surface area (Å²) >= 11 is 0. The quantitative estimate of drug-likeness (QED) is 0.683. The minimum atomic E-state index is 0.0335. The summed E-state index contributed by atoms with van der Waals surface area (Å²) in [6, 6.07) is 8.40. The molecule has 1 atom stereocenters. The molecule has 0 bridgehead atoms. The summed E-state index contributed by atoms with van der Waals surface area (Å²) in [5.74, 6) is 0.950. The normalized spacial score (nSPS) is 13.2. The van der Waals surface area contributed by atoms with E-state index in [1.54, 1.807) is 0 Å². The number of carbonyl (C=O) groups excluding carboxylic acids is 1. The van der Waals surface area contributed by atoms with Crippen LogP contribution >= 0.6 is 0 Å². The molecule has 1 nitrogen and oxygen atoms in total. The third kappa shape index (κ3) is 2.92. The van der Waals surface area contributed by atoms with Gasteiger partial charge in [0, 0.05) is 5.92 Å². The molecule has 0 fully saturated rings. The summed E-state index contributed by atoms with van der Waals surface area (Å²) in [4.78, 5) is 11.0. The van der Waals surface area contributed by atoms with Crippen molar-refractivity contribution in [3.05, 3.63) is 35.4 Å². The fourth-order valence-electron chi connectivity index (χ4n) is 1.72. The molecule has 1 aromatic carbocycles. The Morgan fingerprint density at radius 3 is 1.73 bits per heavy atom. The smallest absolute Gasteiger partial charge is 0.127 e. The number of rotatable bonds is 4. The monoisotopic (exact) mass is 204 g/mol. The van der Waals surface area contributed by atoms with Gasteiger partial charge in [0.1, 0.15) is 6.29 Å². The summed E-state index contributed by atoms with van der Waals surface area (Å²) in [7, 11) is 0.